The molecule has 1 aromatic heterocycles. The van der Waals surface area contributed by atoms with E-state index < -0.39 is 30.3 Å². The fourth-order valence-corrected chi connectivity index (χ4v) is 4.06. The van der Waals surface area contributed by atoms with Gasteiger partial charge in [-0.15, -0.1) is 0 Å². The average molecular weight is 488 g/mol. The van der Waals surface area contributed by atoms with Crippen LogP contribution in [0, 0.1) is 13.8 Å². The van der Waals surface area contributed by atoms with Gasteiger partial charge in [-0.1, -0.05) is 12.1 Å². The van der Waals surface area contributed by atoms with E-state index >= 15 is 0 Å². The number of carbonyl (C=O) groups excluding carboxylic acids is 4. The fourth-order valence-electron chi connectivity index (χ4n) is 4.06. The van der Waals surface area contributed by atoms with Gasteiger partial charge in [0.05, 0.1) is 12.8 Å². The molecule has 1 fully saturated rings. The zero-order valence-electron chi connectivity index (χ0n) is 20.0. The number of hydrogen-bond donors (Lipinski definition) is 3. The van der Waals surface area contributed by atoms with Gasteiger partial charge < -0.3 is 25.7 Å². The molecule has 0 unspecified atom stereocenters. The van der Waals surface area contributed by atoms with Crippen LogP contribution in [-0.2, 0) is 9.59 Å². The van der Waals surface area contributed by atoms with E-state index in [1.54, 1.807) is 54.6 Å². The highest BCUT2D eigenvalue weighted by atomic mass is 16.5. The summed E-state index contributed by atoms with van der Waals surface area (Å²) in [5.74, 6) is -1.19. The molecule has 4 rings (SSSR count). The third-order valence-corrected chi connectivity index (χ3v) is 5.83. The van der Waals surface area contributed by atoms with Crippen LogP contribution < -0.4 is 21.1 Å². The number of aryl methyl sites for hydroxylation is 1. The van der Waals surface area contributed by atoms with E-state index in [0.29, 0.717) is 17.0 Å². The number of nitrogens with zero attached hydrogens (tertiary/aromatic N) is 2. The number of nitrogens with one attached hydrogen (secondary N) is 2. The summed E-state index contributed by atoms with van der Waals surface area (Å²) in [6, 6.07) is 14.9. The average Bonchev–Trinajstić information content (AvgIpc) is 3.28. The van der Waals surface area contributed by atoms with Gasteiger partial charge in [-0.25, -0.2) is 9.69 Å². The van der Waals surface area contributed by atoms with Crippen molar-refractivity contribution >= 4 is 35.5 Å². The number of carbonyl (C=O) groups is 4. The Balaban J connectivity index is 1.53. The Morgan fingerprint density at radius 1 is 1.08 bits per heavy atom. The second kappa shape index (κ2) is 9.79. The van der Waals surface area contributed by atoms with Gasteiger partial charge in [0.2, 0.25) is 11.8 Å². The van der Waals surface area contributed by atoms with Crippen molar-refractivity contribution in [2.75, 3.05) is 19.0 Å². The van der Waals surface area contributed by atoms with Crippen LogP contribution >= 0.6 is 0 Å². The number of hydrogen-bond acceptors (Lipinski definition) is 5. The Kier molecular flexibility index (Phi) is 6.60. The summed E-state index contributed by atoms with van der Waals surface area (Å²) in [6.45, 7) is 3.33. The number of nitrogens with two attached hydrogens (primary N) is 1. The lowest BCUT2D eigenvalue weighted by molar-refractivity contribution is -0.127. The zero-order valence-corrected chi connectivity index (χ0v) is 20.0. The topological polar surface area (TPSA) is 136 Å². The number of primary amides is 1. The van der Waals surface area contributed by atoms with Crippen molar-refractivity contribution in [3.63, 3.8) is 0 Å². The molecule has 0 spiro atoms. The molecule has 10 nitrogen and oxygen atoms in total. The van der Waals surface area contributed by atoms with Crippen molar-refractivity contribution < 1.29 is 23.9 Å². The molecule has 10 heteroatoms. The van der Waals surface area contributed by atoms with E-state index in [1.165, 1.54) is 7.11 Å². The predicted molar refractivity (Wildman–Crippen MR) is 134 cm³/mol. The van der Waals surface area contributed by atoms with Crippen LogP contribution in [0.25, 0.3) is 11.8 Å². The normalized spacial score (nSPS) is 14.2. The predicted octanol–water partition coefficient (Wildman–Crippen LogP) is 2.73. The molecular weight excluding hydrogens is 462 g/mol. The maximum Gasteiger partial charge on any atom is 0.329 e. The lowest BCUT2D eigenvalue weighted by Gasteiger charge is -2.13. The van der Waals surface area contributed by atoms with Gasteiger partial charge >= 0.3 is 6.03 Å². The van der Waals surface area contributed by atoms with E-state index in [2.05, 4.69) is 10.6 Å². The van der Waals surface area contributed by atoms with Crippen LogP contribution in [0.4, 0.5) is 10.5 Å². The quantitative estimate of drug-likeness (QED) is 0.348. The second-order valence-electron chi connectivity index (χ2n) is 8.20. The summed E-state index contributed by atoms with van der Waals surface area (Å²) in [7, 11) is 1.48. The molecule has 5 amide bonds. The van der Waals surface area contributed by atoms with Crippen molar-refractivity contribution in [1.82, 2.24) is 14.8 Å². The minimum atomic E-state index is -0.683. The molecular formula is C26H25N5O5. The van der Waals surface area contributed by atoms with Gasteiger partial charge in [0.25, 0.3) is 5.91 Å². The number of ether oxygens (including phenoxy) is 1. The van der Waals surface area contributed by atoms with Gasteiger partial charge in [-0.3, -0.25) is 14.4 Å². The van der Waals surface area contributed by atoms with Gasteiger partial charge in [0.1, 0.15) is 18.0 Å². The fraction of sp³-hybridized carbons (Fsp3) is 0.154. The van der Waals surface area contributed by atoms with Crippen molar-refractivity contribution in [2.45, 2.75) is 13.8 Å². The number of aromatic nitrogens is 1. The molecule has 3 aromatic rings. The molecule has 2 heterocycles. The van der Waals surface area contributed by atoms with E-state index in [9.17, 15) is 19.2 Å². The third-order valence-electron chi connectivity index (χ3n) is 5.83. The number of anilines is 1. The maximum atomic E-state index is 12.9. The summed E-state index contributed by atoms with van der Waals surface area (Å²) in [5.41, 5.74) is 9.46. The third kappa shape index (κ3) is 4.69. The number of rotatable bonds is 7. The molecule has 2 aromatic carbocycles. The molecule has 1 aliphatic heterocycles. The zero-order chi connectivity index (χ0) is 26.0. The summed E-state index contributed by atoms with van der Waals surface area (Å²) < 4.78 is 7.16. The van der Waals surface area contributed by atoms with Crippen molar-refractivity contribution in [3.8, 4) is 11.4 Å². The smallest absolute Gasteiger partial charge is 0.329 e. The summed E-state index contributed by atoms with van der Waals surface area (Å²) in [5, 5.41) is 5.20. The first-order valence-electron chi connectivity index (χ1n) is 11.1. The number of methoxy groups -OCH3 is 1. The molecule has 184 valence electrons. The highest BCUT2D eigenvalue weighted by molar-refractivity contribution is 6.16. The summed E-state index contributed by atoms with van der Waals surface area (Å²) in [6.07, 6.45) is 1.58. The Bertz CT molecular complexity index is 1400. The number of benzene rings is 2. The molecule has 0 radical (unpaired) electrons. The maximum absolute atomic E-state index is 12.9. The minimum absolute atomic E-state index is 0.0643. The second-order valence-corrected chi connectivity index (χ2v) is 8.20. The highest BCUT2D eigenvalue weighted by Crippen LogP contribution is 2.25. The monoisotopic (exact) mass is 487 g/mol. The Morgan fingerprint density at radius 3 is 2.44 bits per heavy atom. The van der Waals surface area contributed by atoms with Gasteiger partial charge in [0.15, 0.2) is 0 Å². The van der Waals surface area contributed by atoms with Crippen LogP contribution in [0.15, 0.2) is 60.3 Å². The van der Waals surface area contributed by atoms with E-state index in [0.717, 1.165) is 27.5 Å². The number of imide groups is 1. The van der Waals surface area contributed by atoms with Gasteiger partial charge in [0, 0.05) is 22.6 Å². The summed E-state index contributed by atoms with van der Waals surface area (Å²) >= 11 is 0. The molecule has 0 bridgehead atoms. The highest BCUT2D eigenvalue weighted by Gasteiger charge is 2.35. The molecule has 0 aliphatic carbocycles. The number of amides is 5. The van der Waals surface area contributed by atoms with Crippen LogP contribution in [0.5, 0.6) is 5.75 Å². The first kappa shape index (κ1) is 24.3. The minimum Gasteiger partial charge on any atom is -0.495 e. The molecule has 1 saturated heterocycles. The van der Waals surface area contributed by atoms with Crippen LogP contribution in [0.3, 0.4) is 0 Å². The van der Waals surface area contributed by atoms with E-state index in [1.807, 2.05) is 24.5 Å². The number of para-hydroxylation sites is 2. The first-order valence-corrected chi connectivity index (χ1v) is 11.1. The number of urea groups is 1. The van der Waals surface area contributed by atoms with Gasteiger partial charge in [-0.05, 0) is 68.0 Å². The standard InChI is InChI=1S/C26H25N5O5/c1-15-12-18(16(2)31(15)19-10-8-17(9-11-19)24(27)33)13-21-25(34)30(26(35)29-21)14-23(32)28-20-6-4-5-7-22(20)36-3/h4-13H,14H2,1-3H3,(H2,27,33)(H,28,32)(H,29,35)/b21-13+. The molecule has 1 aliphatic rings. The van der Waals surface area contributed by atoms with E-state index in [-0.39, 0.29) is 5.70 Å². The van der Waals surface area contributed by atoms with Crippen molar-refractivity contribution in [1.29, 1.82) is 0 Å². The SMILES string of the molecule is COc1ccccc1NC(=O)CN1C(=O)N/C(=C/c2cc(C)n(-c3ccc(C(N)=O)cc3)c2C)C1=O. The lowest BCUT2D eigenvalue weighted by atomic mass is 10.2. The Labute approximate surface area is 207 Å². The van der Waals surface area contributed by atoms with Crippen LogP contribution in [-0.4, -0.2) is 46.9 Å². The molecule has 0 saturated carbocycles. The molecule has 36 heavy (non-hydrogen) atoms. The van der Waals surface area contributed by atoms with Crippen molar-refractivity contribution in [3.05, 3.63) is 82.8 Å². The largest absolute Gasteiger partial charge is 0.495 e. The van der Waals surface area contributed by atoms with Crippen LogP contribution in [0.2, 0.25) is 0 Å². The molecule has 0 atom stereocenters. The molecule has 4 N–H and O–H groups in total. The lowest BCUT2D eigenvalue weighted by Crippen LogP contribution is -2.38. The first-order chi connectivity index (χ1) is 17.2. The van der Waals surface area contributed by atoms with Gasteiger partial charge in [-0.2, -0.15) is 0 Å². The van der Waals surface area contributed by atoms with E-state index in [4.69, 9.17) is 10.5 Å². The van der Waals surface area contributed by atoms with Crippen molar-refractivity contribution in [2.24, 2.45) is 5.73 Å². The summed E-state index contributed by atoms with van der Waals surface area (Å²) in [4.78, 5) is 50.1. The Morgan fingerprint density at radius 2 is 1.78 bits per heavy atom. The Hall–Kier alpha value is -4.86. The van der Waals surface area contributed by atoms with Crippen LogP contribution in [0.1, 0.15) is 27.3 Å².